The van der Waals surface area contributed by atoms with E-state index in [1.807, 2.05) is 19.1 Å². The molecule has 3 N–H and O–H groups in total. The molecule has 0 atom stereocenters. The number of pyridine rings is 1. The van der Waals surface area contributed by atoms with E-state index in [0.717, 1.165) is 17.1 Å². The second-order valence-corrected chi connectivity index (χ2v) is 4.27. The van der Waals surface area contributed by atoms with Crippen molar-refractivity contribution >= 4 is 5.91 Å². The van der Waals surface area contributed by atoms with Gasteiger partial charge < -0.3 is 15.5 Å². The highest BCUT2D eigenvalue weighted by Gasteiger charge is 2.07. The third-order valence-electron chi connectivity index (χ3n) is 2.75. The molecule has 0 fully saturated rings. The molecule has 0 radical (unpaired) electrons. The largest absolute Gasteiger partial charge is 0.466 e. The molecule has 100 valence electrons. The van der Waals surface area contributed by atoms with E-state index in [0.29, 0.717) is 25.2 Å². The first-order valence-electron chi connectivity index (χ1n) is 6.17. The maximum Gasteiger partial charge on any atom is 0.269 e. The lowest BCUT2D eigenvalue weighted by molar-refractivity contribution is 0.0948. The van der Waals surface area contributed by atoms with Crippen molar-refractivity contribution in [3.05, 3.63) is 53.2 Å². The zero-order valence-corrected chi connectivity index (χ0v) is 10.8. The number of carbonyl (C=O) groups excluding carboxylic acids is 1. The van der Waals surface area contributed by atoms with E-state index in [2.05, 4.69) is 10.3 Å². The Morgan fingerprint density at radius 1 is 1.42 bits per heavy atom. The zero-order valence-electron chi connectivity index (χ0n) is 10.8. The van der Waals surface area contributed by atoms with Crippen molar-refractivity contribution in [2.24, 2.45) is 5.73 Å². The van der Waals surface area contributed by atoms with Crippen molar-refractivity contribution in [2.75, 3.05) is 6.54 Å². The highest BCUT2D eigenvalue weighted by atomic mass is 16.3. The second-order valence-electron chi connectivity index (χ2n) is 4.27. The summed E-state index contributed by atoms with van der Waals surface area (Å²) in [5.41, 5.74) is 6.80. The maximum atomic E-state index is 11.9. The minimum atomic E-state index is -0.196. The molecular weight excluding hydrogens is 242 g/mol. The molecule has 2 aromatic heterocycles. The molecule has 2 heterocycles. The zero-order chi connectivity index (χ0) is 13.7. The third-order valence-corrected chi connectivity index (χ3v) is 2.75. The number of furan rings is 1. The van der Waals surface area contributed by atoms with Crippen LogP contribution in [0.3, 0.4) is 0 Å². The predicted octanol–water partition coefficient (Wildman–Crippen LogP) is 1.41. The van der Waals surface area contributed by atoms with Crippen molar-refractivity contribution in [1.82, 2.24) is 10.3 Å². The fraction of sp³-hybridized carbons (Fsp3) is 0.286. The number of hydrogen-bond acceptors (Lipinski definition) is 4. The van der Waals surface area contributed by atoms with Crippen LogP contribution in [-0.4, -0.2) is 17.4 Å². The molecule has 0 spiro atoms. The van der Waals surface area contributed by atoms with Gasteiger partial charge in [-0.1, -0.05) is 0 Å². The van der Waals surface area contributed by atoms with Crippen molar-refractivity contribution in [1.29, 1.82) is 0 Å². The summed E-state index contributed by atoms with van der Waals surface area (Å²) in [4.78, 5) is 15.9. The number of nitrogens with two attached hydrogens (primary N) is 1. The molecule has 0 aliphatic heterocycles. The maximum absolute atomic E-state index is 11.9. The van der Waals surface area contributed by atoms with Crippen molar-refractivity contribution in [3.63, 3.8) is 0 Å². The van der Waals surface area contributed by atoms with Gasteiger partial charge in [0.05, 0.1) is 0 Å². The predicted molar refractivity (Wildman–Crippen MR) is 71.6 cm³/mol. The molecular formula is C14H17N3O2. The molecule has 0 aliphatic rings. The Labute approximate surface area is 111 Å². The van der Waals surface area contributed by atoms with Gasteiger partial charge in [0.2, 0.25) is 0 Å². The standard InChI is InChI=1S/C14H17N3O2/c1-10-2-3-12(19-10)5-7-17-14(18)13-8-11(9-15)4-6-16-13/h2-4,6,8H,5,7,9,15H2,1H3,(H,17,18). The Bertz CT molecular complexity index is 563. The van der Waals surface area contributed by atoms with Crippen molar-refractivity contribution in [3.8, 4) is 0 Å². The molecule has 1 amide bonds. The third kappa shape index (κ3) is 3.66. The lowest BCUT2D eigenvalue weighted by atomic mass is 10.2. The lowest BCUT2D eigenvalue weighted by Crippen LogP contribution is -2.26. The van der Waals surface area contributed by atoms with Crippen LogP contribution >= 0.6 is 0 Å². The topological polar surface area (TPSA) is 81.2 Å². The Balaban J connectivity index is 1.87. The van der Waals surface area contributed by atoms with E-state index < -0.39 is 0 Å². The minimum Gasteiger partial charge on any atom is -0.466 e. The van der Waals surface area contributed by atoms with Gasteiger partial charge in [0.25, 0.3) is 5.91 Å². The number of nitrogens with zero attached hydrogens (tertiary/aromatic N) is 1. The summed E-state index contributed by atoms with van der Waals surface area (Å²) in [6, 6.07) is 7.31. The smallest absolute Gasteiger partial charge is 0.269 e. The van der Waals surface area contributed by atoms with Gasteiger partial charge >= 0.3 is 0 Å². The van der Waals surface area contributed by atoms with Crippen LogP contribution < -0.4 is 11.1 Å². The highest BCUT2D eigenvalue weighted by molar-refractivity contribution is 5.92. The average molecular weight is 259 g/mol. The minimum absolute atomic E-state index is 0.196. The molecule has 0 aromatic carbocycles. The van der Waals surface area contributed by atoms with Gasteiger partial charge in [-0.15, -0.1) is 0 Å². The number of nitrogens with one attached hydrogen (secondary N) is 1. The van der Waals surface area contributed by atoms with Crippen LogP contribution in [0.25, 0.3) is 0 Å². The van der Waals surface area contributed by atoms with E-state index in [4.69, 9.17) is 10.2 Å². The molecule has 0 saturated heterocycles. The number of aryl methyl sites for hydroxylation is 1. The number of rotatable bonds is 5. The van der Waals surface area contributed by atoms with Gasteiger partial charge in [-0.05, 0) is 36.8 Å². The van der Waals surface area contributed by atoms with Crippen LogP contribution in [0, 0.1) is 6.92 Å². The second kappa shape index (κ2) is 6.15. The Morgan fingerprint density at radius 2 is 2.26 bits per heavy atom. The molecule has 0 aliphatic carbocycles. The fourth-order valence-electron chi connectivity index (χ4n) is 1.73. The normalized spacial score (nSPS) is 10.4. The van der Waals surface area contributed by atoms with E-state index in [-0.39, 0.29) is 5.91 Å². The first-order chi connectivity index (χ1) is 9.19. The number of aromatic nitrogens is 1. The first kappa shape index (κ1) is 13.3. The van der Waals surface area contributed by atoms with Crippen LogP contribution in [0.2, 0.25) is 0 Å². The molecule has 19 heavy (non-hydrogen) atoms. The molecule has 0 saturated carbocycles. The Hall–Kier alpha value is -2.14. The SMILES string of the molecule is Cc1ccc(CCNC(=O)c2cc(CN)ccn2)o1. The summed E-state index contributed by atoms with van der Waals surface area (Å²) in [6.07, 6.45) is 2.25. The summed E-state index contributed by atoms with van der Waals surface area (Å²) in [6.45, 7) is 2.80. The molecule has 5 heteroatoms. The van der Waals surface area contributed by atoms with Gasteiger partial charge in [0.1, 0.15) is 17.2 Å². The Kier molecular flexibility index (Phi) is 4.30. The average Bonchev–Trinajstić information content (AvgIpc) is 2.84. The van der Waals surface area contributed by atoms with Crippen molar-refractivity contribution < 1.29 is 9.21 Å². The molecule has 0 unspecified atom stereocenters. The van der Waals surface area contributed by atoms with Crippen LogP contribution in [0.4, 0.5) is 0 Å². The first-order valence-corrected chi connectivity index (χ1v) is 6.17. The van der Waals surface area contributed by atoms with E-state index in [1.165, 1.54) is 0 Å². The van der Waals surface area contributed by atoms with Gasteiger partial charge in [0.15, 0.2) is 0 Å². The molecule has 0 bridgehead atoms. The fourth-order valence-corrected chi connectivity index (χ4v) is 1.73. The summed E-state index contributed by atoms with van der Waals surface area (Å²) >= 11 is 0. The lowest BCUT2D eigenvalue weighted by Gasteiger charge is -2.04. The monoisotopic (exact) mass is 259 g/mol. The van der Waals surface area contributed by atoms with E-state index in [9.17, 15) is 4.79 Å². The summed E-state index contributed by atoms with van der Waals surface area (Å²) < 4.78 is 5.42. The van der Waals surface area contributed by atoms with Crippen LogP contribution in [0.5, 0.6) is 0 Å². The van der Waals surface area contributed by atoms with Crippen LogP contribution in [0.15, 0.2) is 34.9 Å². The quantitative estimate of drug-likeness (QED) is 0.850. The van der Waals surface area contributed by atoms with Crippen LogP contribution in [0.1, 0.15) is 27.6 Å². The van der Waals surface area contributed by atoms with Crippen LogP contribution in [-0.2, 0) is 13.0 Å². The van der Waals surface area contributed by atoms with Crippen molar-refractivity contribution in [2.45, 2.75) is 19.9 Å². The molecule has 2 aromatic rings. The Morgan fingerprint density at radius 3 is 2.95 bits per heavy atom. The number of amides is 1. The van der Waals surface area contributed by atoms with E-state index >= 15 is 0 Å². The van der Waals surface area contributed by atoms with Gasteiger partial charge in [-0.25, -0.2) is 0 Å². The molecule has 5 nitrogen and oxygen atoms in total. The molecule has 2 rings (SSSR count). The summed E-state index contributed by atoms with van der Waals surface area (Å²) in [7, 11) is 0. The number of hydrogen-bond donors (Lipinski definition) is 2. The van der Waals surface area contributed by atoms with E-state index in [1.54, 1.807) is 18.3 Å². The van der Waals surface area contributed by atoms with Gasteiger partial charge in [-0.2, -0.15) is 0 Å². The number of carbonyl (C=O) groups is 1. The highest BCUT2D eigenvalue weighted by Crippen LogP contribution is 2.06. The summed E-state index contributed by atoms with van der Waals surface area (Å²) in [5.74, 6) is 1.54. The van der Waals surface area contributed by atoms with Gasteiger partial charge in [-0.3, -0.25) is 9.78 Å². The summed E-state index contributed by atoms with van der Waals surface area (Å²) in [5, 5.41) is 2.81. The van der Waals surface area contributed by atoms with Gasteiger partial charge in [0, 0.05) is 25.7 Å².